The molecular weight excluding hydrogens is 358 g/mol. The van der Waals surface area contributed by atoms with Crippen molar-refractivity contribution in [1.29, 1.82) is 0 Å². The van der Waals surface area contributed by atoms with Crippen LogP contribution in [0, 0.1) is 0 Å². The van der Waals surface area contributed by atoms with Crippen LogP contribution in [-0.4, -0.2) is 36.0 Å². The molecular formula is C17H22ClN5O3. The molecule has 8 nitrogen and oxygen atoms in total. The molecule has 2 aromatic rings. The van der Waals surface area contributed by atoms with Gasteiger partial charge in [0.05, 0.1) is 0 Å². The number of allylic oxidation sites excluding steroid dienone is 2. The zero-order valence-electron chi connectivity index (χ0n) is 15.2. The van der Waals surface area contributed by atoms with Crippen LogP contribution in [0.5, 0.6) is 0 Å². The largest absolute Gasteiger partial charge is 0.332 e. The minimum Gasteiger partial charge on any atom is -0.315 e. The molecule has 0 spiro atoms. The highest BCUT2D eigenvalue weighted by Crippen LogP contribution is 2.22. The lowest BCUT2D eigenvalue weighted by Gasteiger charge is -2.26. The first kappa shape index (κ1) is 18.4. The van der Waals surface area contributed by atoms with Crippen LogP contribution in [0.3, 0.4) is 0 Å². The molecule has 0 saturated heterocycles. The van der Waals surface area contributed by atoms with Crippen LogP contribution in [0.25, 0.3) is 11.2 Å². The molecule has 26 heavy (non-hydrogen) atoms. The molecule has 3 rings (SSSR count). The van der Waals surface area contributed by atoms with E-state index in [1.807, 2.05) is 6.92 Å². The average Bonchev–Trinajstić information content (AvgIpc) is 2.96. The van der Waals surface area contributed by atoms with E-state index in [1.165, 1.54) is 23.2 Å². The van der Waals surface area contributed by atoms with Gasteiger partial charge in [-0.15, -0.1) is 0 Å². The first-order valence-corrected chi connectivity index (χ1v) is 9.05. The molecule has 0 atom stereocenters. The molecule has 2 aromatic heterocycles. The maximum Gasteiger partial charge on any atom is 0.332 e. The van der Waals surface area contributed by atoms with Gasteiger partial charge in [0, 0.05) is 26.3 Å². The number of hydrogen-bond donors (Lipinski definition) is 0. The normalized spacial score (nSPS) is 14.5. The number of fused-ring (bicyclic) bond motifs is 1. The Morgan fingerprint density at radius 2 is 2.00 bits per heavy atom. The molecule has 1 aliphatic rings. The monoisotopic (exact) mass is 379 g/mol. The van der Waals surface area contributed by atoms with Gasteiger partial charge in [0.1, 0.15) is 6.54 Å². The lowest BCUT2D eigenvalue weighted by atomic mass is 10.0. The molecule has 0 bridgehead atoms. The van der Waals surface area contributed by atoms with Gasteiger partial charge in [-0.05, 0) is 44.2 Å². The SMILES string of the molecule is CCN(C(=O)Cn1c(Cl)nc2c1c(=O)n(C)c(=O)n2C)C1=CCCCC1. The van der Waals surface area contributed by atoms with E-state index in [4.69, 9.17) is 11.6 Å². The fourth-order valence-corrected chi connectivity index (χ4v) is 3.62. The third-order valence-corrected chi connectivity index (χ3v) is 5.11. The van der Waals surface area contributed by atoms with E-state index in [2.05, 4.69) is 11.1 Å². The van der Waals surface area contributed by atoms with E-state index in [0.29, 0.717) is 6.54 Å². The Kier molecular flexibility index (Phi) is 5.04. The number of likely N-dealkylation sites (N-methyl/N-ethyl adjacent to an activating group) is 1. The van der Waals surface area contributed by atoms with Crippen molar-refractivity contribution >= 4 is 28.7 Å². The van der Waals surface area contributed by atoms with E-state index in [9.17, 15) is 14.4 Å². The smallest absolute Gasteiger partial charge is 0.315 e. The number of aromatic nitrogens is 4. The summed E-state index contributed by atoms with van der Waals surface area (Å²) in [5.74, 6) is -0.155. The highest BCUT2D eigenvalue weighted by Gasteiger charge is 2.23. The maximum absolute atomic E-state index is 12.9. The highest BCUT2D eigenvalue weighted by molar-refractivity contribution is 6.29. The van der Waals surface area contributed by atoms with Crippen molar-refractivity contribution in [2.75, 3.05) is 6.54 Å². The second kappa shape index (κ2) is 7.11. The number of carbonyl (C=O) groups is 1. The Morgan fingerprint density at radius 3 is 2.62 bits per heavy atom. The van der Waals surface area contributed by atoms with Crippen LogP contribution < -0.4 is 11.2 Å². The Bertz CT molecular complexity index is 1010. The molecule has 0 unspecified atom stereocenters. The number of hydrogen-bond acceptors (Lipinski definition) is 4. The van der Waals surface area contributed by atoms with Crippen LogP contribution in [0.15, 0.2) is 21.4 Å². The number of carbonyl (C=O) groups excluding carboxylic acids is 1. The van der Waals surface area contributed by atoms with Gasteiger partial charge in [-0.2, -0.15) is 4.98 Å². The molecule has 0 fully saturated rings. The zero-order valence-corrected chi connectivity index (χ0v) is 15.9. The summed E-state index contributed by atoms with van der Waals surface area (Å²) in [7, 11) is 2.91. The minimum absolute atomic E-state index is 0.0142. The lowest BCUT2D eigenvalue weighted by Crippen LogP contribution is -2.38. The molecule has 2 heterocycles. The number of imidazole rings is 1. The van der Waals surface area contributed by atoms with Gasteiger partial charge in [0.15, 0.2) is 11.2 Å². The number of nitrogens with zero attached hydrogens (tertiary/aromatic N) is 5. The molecule has 0 radical (unpaired) electrons. The Morgan fingerprint density at radius 1 is 1.27 bits per heavy atom. The number of rotatable bonds is 4. The van der Waals surface area contributed by atoms with Crippen LogP contribution in [0.2, 0.25) is 5.28 Å². The summed E-state index contributed by atoms with van der Waals surface area (Å²) in [5, 5.41) is 0.0142. The summed E-state index contributed by atoms with van der Waals surface area (Å²) >= 11 is 6.20. The Balaban J connectivity index is 2.05. The summed E-state index contributed by atoms with van der Waals surface area (Å²) < 4.78 is 3.63. The van der Waals surface area contributed by atoms with Gasteiger partial charge in [-0.25, -0.2) is 4.79 Å². The van der Waals surface area contributed by atoms with Crippen LogP contribution in [0.4, 0.5) is 0 Å². The third kappa shape index (κ3) is 2.98. The van der Waals surface area contributed by atoms with Crippen molar-refractivity contribution in [3.05, 3.63) is 37.9 Å². The van der Waals surface area contributed by atoms with Crippen molar-refractivity contribution in [2.24, 2.45) is 14.1 Å². The van der Waals surface area contributed by atoms with E-state index in [0.717, 1.165) is 35.9 Å². The van der Waals surface area contributed by atoms with E-state index < -0.39 is 11.2 Å². The summed E-state index contributed by atoms with van der Waals surface area (Å²) in [6.45, 7) is 2.36. The van der Waals surface area contributed by atoms with E-state index in [1.54, 1.807) is 4.90 Å². The molecule has 1 aliphatic carbocycles. The van der Waals surface area contributed by atoms with E-state index in [-0.39, 0.29) is 28.9 Å². The number of amides is 1. The summed E-state index contributed by atoms with van der Waals surface area (Å²) in [6.07, 6.45) is 6.14. The molecule has 0 saturated carbocycles. The molecule has 0 N–H and O–H groups in total. The van der Waals surface area contributed by atoms with Crippen molar-refractivity contribution < 1.29 is 4.79 Å². The topological polar surface area (TPSA) is 82.1 Å². The molecule has 0 aromatic carbocycles. The summed E-state index contributed by atoms with van der Waals surface area (Å²) in [4.78, 5) is 43.3. The molecule has 1 amide bonds. The number of aryl methyl sites for hydroxylation is 1. The quantitative estimate of drug-likeness (QED) is 0.752. The van der Waals surface area contributed by atoms with Gasteiger partial charge >= 0.3 is 5.69 Å². The first-order chi connectivity index (χ1) is 12.4. The van der Waals surface area contributed by atoms with Gasteiger partial charge < -0.3 is 4.90 Å². The van der Waals surface area contributed by atoms with E-state index >= 15 is 0 Å². The summed E-state index contributed by atoms with van der Waals surface area (Å²) in [5.41, 5.74) is 0.343. The van der Waals surface area contributed by atoms with Gasteiger partial charge in [-0.3, -0.25) is 23.3 Å². The summed E-state index contributed by atoms with van der Waals surface area (Å²) in [6, 6.07) is 0. The average molecular weight is 380 g/mol. The predicted molar refractivity (Wildman–Crippen MR) is 99.2 cm³/mol. The molecule has 0 aliphatic heterocycles. The Labute approximate surface area is 155 Å². The van der Waals surface area contributed by atoms with Crippen molar-refractivity contribution in [3.63, 3.8) is 0 Å². The Hall–Kier alpha value is -2.35. The fourth-order valence-electron chi connectivity index (χ4n) is 3.39. The molecule has 140 valence electrons. The van der Waals surface area contributed by atoms with Crippen molar-refractivity contribution in [1.82, 2.24) is 23.6 Å². The van der Waals surface area contributed by atoms with Crippen LogP contribution >= 0.6 is 11.6 Å². The zero-order chi connectivity index (χ0) is 19.0. The number of halogens is 1. The highest BCUT2D eigenvalue weighted by atomic mass is 35.5. The second-order valence-electron chi connectivity index (χ2n) is 6.42. The fraction of sp³-hybridized carbons (Fsp3) is 0.529. The van der Waals surface area contributed by atoms with Crippen molar-refractivity contribution in [3.8, 4) is 0 Å². The first-order valence-electron chi connectivity index (χ1n) is 8.68. The standard InChI is InChI=1S/C17H22ClN5O3/c1-4-22(11-8-6-5-7-9-11)12(24)10-23-13-14(19-16(23)18)20(2)17(26)21(3)15(13)25/h8H,4-7,9-10H2,1-3H3. The van der Waals surface area contributed by atoms with Gasteiger partial charge in [0.2, 0.25) is 11.2 Å². The third-order valence-electron chi connectivity index (χ3n) is 4.83. The van der Waals surface area contributed by atoms with Crippen LogP contribution in [0.1, 0.15) is 32.6 Å². The predicted octanol–water partition coefficient (Wildman–Crippen LogP) is 1.39. The van der Waals surface area contributed by atoms with Gasteiger partial charge in [0.25, 0.3) is 5.56 Å². The molecule has 9 heteroatoms. The lowest BCUT2D eigenvalue weighted by molar-refractivity contribution is -0.129. The van der Waals surface area contributed by atoms with Gasteiger partial charge in [-0.1, -0.05) is 6.08 Å². The second-order valence-corrected chi connectivity index (χ2v) is 6.76. The minimum atomic E-state index is -0.518. The maximum atomic E-state index is 12.9. The van der Waals surface area contributed by atoms with Crippen molar-refractivity contribution in [2.45, 2.75) is 39.2 Å². The van der Waals surface area contributed by atoms with Crippen LogP contribution in [-0.2, 0) is 25.4 Å².